The molecule has 0 bridgehead atoms. The van der Waals surface area contributed by atoms with Crippen molar-refractivity contribution in [2.45, 2.75) is 6.54 Å². The maximum atomic E-state index is 9.28. The number of nitrogens with two attached hydrogens (primary N) is 1. The summed E-state index contributed by atoms with van der Waals surface area (Å²) in [7, 11) is 0. The van der Waals surface area contributed by atoms with Crippen LogP contribution in [-0.2, 0) is 6.54 Å². The molecule has 82 valence electrons. The number of phenols is 1. The number of anilines is 2. The average Bonchev–Trinajstić information content (AvgIpc) is 2.32. The summed E-state index contributed by atoms with van der Waals surface area (Å²) in [5.41, 5.74) is 8.13. The van der Waals surface area contributed by atoms with Crippen molar-refractivity contribution >= 4 is 11.4 Å². The Kier molecular flexibility index (Phi) is 2.96. The van der Waals surface area contributed by atoms with Crippen LogP contribution in [0.1, 0.15) is 5.56 Å². The van der Waals surface area contributed by atoms with Crippen LogP contribution in [0, 0.1) is 0 Å². The van der Waals surface area contributed by atoms with Crippen molar-refractivity contribution in [3.63, 3.8) is 0 Å². The normalized spacial score (nSPS) is 10.0. The fourth-order valence-electron chi connectivity index (χ4n) is 1.47. The van der Waals surface area contributed by atoms with Crippen molar-refractivity contribution in [2.24, 2.45) is 0 Å². The van der Waals surface area contributed by atoms with E-state index in [1.165, 1.54) is 0 Å². The molecular weight excluding hydrogens is 200 g/mol. The highest BCUT2D eigenvalue weighted by Crippen LogP contribution is 2.20. The molecule has 16 heavy (non-hydrogen) atoms. The third-order valence-corrected chi connectivity index (χ3v) is 2.36. The van der Waals surface area contributed by atoms with Crippen molar-refractivity contribution in [2.75, 3.05) is 11.1 Å². The molecule has 0 aromatic heterocycles. The Morgan fingerprint density at radius 1 is 1.06 bits per heavy atom. The molecule has 0 aliphatic carbocycles. The van der Waals surface area contributed by atoms with E-state index in [1.807, 2.05) is 36.4 Å². The summed E-state index contributed by atoms with van der Waals surface area (Å²) in [6, 6.07) is 15.2. The molecule has 0 aliphatic heterocycles. The summed E-state index contributed by atoms with van der Waals surface area (Å²) in [5, 5.41) is 12.6. The summed E-state index contributed by atoms with van der Waals surface area (Å²) < 4.78 is 0. The zero-order valence-electron chi connectivity index (χ0n) is 8.85. The maximum absolute atomic E-state index is 9.28. The molecule has 3 nitrogen and oxygen atoms in total. The van der Waals surface area contributed by atoms with Crippen LogP contribution in [-0.4, -0.2) is 5.11 Å². The number of nitrogens with one attached hydrogen (secondary N) is 1. The molecule has 0 atom stereocenters. The lowest BCUT2D eigenvalue weighted by Crippen LogP contribution is -1.99. The van der Waals surface area contributed by atoms with Gasteiger partial charge in [-0.1, -0.05) is 24.3 Å². The first kappa shape index (κ1) is 10.4. The van der Waals surface area contributed by atoms with Gasteiger partial charge in [0.05, 0.1) is 5.69 Å². The Labute approximate surface area is 94.5 Å². The fourth-order valence-corrected chi connectivity index (χ4v) is 1.47. The number of para-hydroxylation sites is 1. The lowest BCUT2D eigenvalue weighted by molar-refractivity contribution is 0.478. The number of rotatable bonds is 3. The van der Waals surface area contributed by atoms with E-state index in [0.717, 1.165) is 11.3 Å². The Balaban J connectivity index is 2.03. The largest absolute Gasteiger partial charge is 0.506 e. The molecule has 0 aliphatic rings. The van der Waals surface area contributed by atoms with Gasteiger partial charge in [0.1, 0.15) is 5.75 Å². The van der Waals surface area contributed by atoms with Crippen molar-refractivity contribution in [3.8, 4) is 5.75 Å². The minimum Gasteiger partial charge on any atom is -0.506 e. The van der Waals surface area contributed by atoms with E-state index in [2.05, 4.69) is 5.32 Å². The predicted molar refractivity (Wildman–Crippen MR) is 66.3 cm³/mol. The number of hydrogen-bond acceptors (Lipinski definition) is 3. The van der Waals surface area contributed by atoms with Gasteiger partial charge in [0.2, 0.25) is 0 Å². The molecule has 2 aromatic carbocycles. The van der Waals surface area contributed by atoms with Crippen molar-refractivity contribution in [1.29, 1.82) is 0 Å². The van der Waals surface area contributed by atoms with Gasteiger partial charge in [-0.3, -0.25) is 0 Å². The van der Waals surface area contributed by atoms with Crippen LogP contribution < -0.4 is 11.1 Å². The van der Waals surface area contributed by atoms with Gasteiger partial charge in [0, 0.05) is 12.2 Å². The van der Waals surface area contributed by atoms with Crippen LogP contribution in [0.5, 0.6) is 5.75 Å². The van der Waals surface area contributed by atoms with Gasteiger partial charge >= 0.3 is 0 Å². The third kappa shape index (κ3) is 2.45. The molecule has 0 fully saturated rings. The van der Waals surface area contributed by atoms with Gasteiger partial charge in [0.15, 0.2) is 0 Å². The minimum atomic E-state index is 0.128. The SMILES string of the molecule is Nc1cc(CNc2ccccc2)ccc1O. The van der Waals surface area contributed by atoms with Crippen LogP contribution in [0.2, 0.25) is 0 Å². The lowest BCUT2D eigenvalue weighted by Gasteiger charge is -2.07. The molecule has 0 spiro atoms. The van der Waals surface area contributed by atoms with E-state index in [9.17, 15) is 5.11 Å². The first-order valence-corrected chi connectivity index (χ1v) is 5.12. The van der Waals surface area contributed by atoms with Gasteiger partial charge in [-0.2, -0.15) is 0 Å². The van der Waals surface area contributed by atoms with Gasteiger partial charge in [-0.25, -0.2) is 0 Å². The number of benzene rings is 2. The highest BCUT2D eigenvalue weighted by Gasteiger charge is 1.98. The smallest absolute Gasteiger partial charge is 0.138 e. The van der Waals surface area contributed by atoms with E-state index < -0.39 is 0 Å². The monoisotopic (exact) mass is 214 g/mol. The Hall–Kier alpha value is -2.16. The van der Waals surface area contributed by atoms with Crippen molar-refractivity contribution in [1.82, 2.24) is 0 Å². The number of phenolic OH excluding ortho intramolecular Hbond substituents is 1. The summed E-state index contributed by atoms with van der Waals surface area (Å²) in [6.07, 6.45) is 0. The summed E-state index contributed by atoms with van der Waals surface area (Å²) in [4.78, 5) is 0. The number of aromatic hydroxyl groups is 1. The summed E-state index contributed by atoms with van der Waals surface area (Å²) >= 11 is 0. The molecule has 0 unspecified atom stereocenters. The van der Waals surface area contributed by atoms with E-state index in [0.29, 0.717) is 12.2 Å². The van der Waals surface area contributed by atoms with Gasteiger partial charge in [0.25, 0.3) is 0 Å². The van der Waals surface area contributed by atoms with Crippen LogP contribution >= 0.6 is 0 Å². The zero-order chi connectivity index (χ0) is 11.4. The molecule has 0 radical (unpaired) electrons. The van der Waals surface area contributed by atoms with E-state index in [4.69, 9.17) is 5.73 Å². The Morgan fingerprint density at radius 2 is 1.81 bits per heavy atom. The second-order valence-electron chi connectivity index (χ2n) is 3.61. The second kappa shape index (κ2) is 4.57. The van der Waals surface area contributed by atoms with Crippen molar-refractivity contribution < 1.29 is 5.11 Å². The molecule has 0 heterocycles. The third-order valence-electron chi connectivity index (χ3n) is 2.36. The highest BCUT2D eigenvalue weighted by atomic mass is 16.3. The molecule has 0 saturated heterocycles. The summed E-state index contributed by atoms with van der Waals surface area (Å²) in [5.74, 6) is 0.128. The number of nitrogen functional groups attached to an aromatic ring is 1. The zero-order valence-corrected chi connectivity index (χ0v) is 8.85. The van der Waals surface area contributed by atoms with Gasteiger partial charge in [-0.05, 0) is 29.8 Å². The van der Waals surface area contributed by atoms with E-state index in [1.54, 1.807) is 12.1 Å². The maximum Gasteiger partial charge on any atom is 0.138 e. The molecule has 2 rings (SSSR count). The fraction of sp³-hybridized carbons (Fsp3) is 0.0769. The number of hydrogen-bond donors (Lipinski definition) is 3. The van der Waals surface area contributed by atoms with Gasteiger partial charge in [-0.15, -0.1) is 0 Å². The van der Waals surface area contributed by atoms with Crippen LogP contribution in [0.25, 0.3) is 0 Å². The quantitative estimate of drug-likeness (QED) is 0.543. The molecule has 2 aromatic rings. The molecule has 0 saturated carbocycles. The van der Waals surface area contributed by atoms with E-state index >= 15 is 0 Å². The molecular formula is C13H14N2O. The Morgan fingerprint density at radius 3 is 2.50 bits per heavy atom. The highest BCUT2D eigenvalue weighted by molar-refractivity contribution is 5.54. The first-order valence-electron chi connectivity index (χ1n) is 5.12. The first-order chi connectivity index (χ1) is 7.75. The Bertz CT molecular complexity index is 469. The molecule has 0 amide bonds. The minimum absolute atomic E-state index is 0.128. The van der Waals surface area contributed by atoms with Crippen molar-refractivity contribution in [3.05, 3.63) is 54.1 Å². The van der Waals surface area contributed by atoms with Gasteiger partial charge < -0.3 is 16.2 Å². The predicted octanol–water partition coefficient (Wildman–Crippen LogP) is 2.59. The topological polar surface area (TPSA) is 58.3 Å². The van der Waals surface area contributed by atoms with Crippen LogP contribution in [0.4, 0.5) is 11.4 Å². The molecule has 4 N–H and O–H groups in total. The van der Waals surface area contributed by atoms with Crippen LogP contribution in [0.3, 0.4) is 0 Å². The summed E-state index contributed by atoms with van der Waals surface area (Å²) in [6.45, 7) is 0.689. The van der Waals surface area contributed by atoms with E-state index in [-0.39, 0.29) is 5.75 Å². The average molecular weight is 214 g/mol. The second-order valence-corrected chi connectivity index (χ2v) is 3.61. The standard InChI is InChI=1S/C13H14N2O/c14-12-8-10(6-7-13(12)16)9-15-11-4-2-1-3-5-11/h1-8,15-16H,9,14H2. The lowest BCUT2D eigenvalue weighted by atomic mass is 10.2. The molecule has 3 heteroatoms. The van der Waals surface area contributed by atoms with Crippen LogP contribution in [0.15, 0.2) is 48.5 Å².